The minimum absolute atomic E-state index is 0.0199. The zero-order valence-corrected chi connectivity index (χ0v) is 16.3. The Morgan fingerprint density at radius 3 is 2.69 bits per heavy atom. The van der Waals surface area contributed by atoms with E-state index in [4.69, 9.17) is 4.74 Å². The van der Waals surface area contributed by atoms with Crippen LogP contribution in [0.15, 0.2) is 54.6 Å². The van der Waals surface area contributed by atoms with E-state index in [-0.39, 0.29) is 11.8 Å². The number of benzene rings is 2. The Balaban J connectivity index is 1.34. The molecule has 1 N–H and O–H groups in total. The van der Waals surface area contributed by atoms with E-state index in [1.54, 1.807) is 18.8 Å². The van der Waals surface area contributed by atoms with E-state index in [1.807, 2.05) is 59.5 Å². The summed E-state index contributed by atoms with van der Waals surface area (Å²) in [6.07, 6.45) is 0. The third-order valence-corrected chi connectivity index (χ3v) is 5.45. The van der Waals surface area contributed by atoms with Gasteiger partial charge in [0, 0.05) is 25.7 Å². The maximum absolute atomic E-state index is 13.0. The van der Waals surface area contributed by atoms with Gasteiger partial charge in [-0.1, -0.05) is 24.3 Å². The van der Waals surface area contributed by atoms with Crippen LogP contribution >= 0.6 is 0 Å². The highest BCUT2D eigenvalue weighted by atomic mass is 16.5. The van der Waals surface area contributed by atoms with Gasteiger partial charge in [0.25, 0.3) is 5.91 Å². The predicted molar refractivity (Wildman–Crippen MR) is 110 cm³/mol. The van der Waals surface area contributed by atoms with E-state index in [1.165, 1.54) is 0 Å². The van der Waals surface area contributed by atoms with Gasteiger partial charge in [0.2, 0.25) is 0 Å². The quantitative estimate of drug-likeness (QED) is 0.583. The van der Waals surface area contributed by atoms with Crippen molar-refractivity contribution in [2.45, 2.75) is 5.92 Å². The van der Waals surface area contributed by atoms with Crippen molar-refractivity contribution in [1.82, 2.24) is 24.6 Å². The first-order valence-corrected chi connectivity index (χ1v) is 9.55. The first kappa shape index (κ1) is 17.5. The fraction of sp³-hybridized carbons (Fsp3) is 0.227. The number of aromatic amines is 1. The molecule has 0 aliphatic carbocycles. The summed E-state index contributed by atoms with van der Waals surface area (Å²) in [4.78, 5) is 22.9. The molecule has 0 saturated carbocycles. The molecule has 0 bridgehead atoms. The number of ether oxygens (including phenoxy) is 1. The van der Waals surface area contributed by atoms with Gasteiger partial charge < -0.3 is 14.6 Å². The number of imidazole rings is 1. The van der Waals surface area contributed by atoms with Crippen LogP contribution in [0.2, 0.25) is 0 Å². The van der Waals surface area contributed by atoms with Crippen LogP contribution in [-0.4, -0.2) is 50.8 Å². The zero-order chi connectivity index (χ0) is 20.0. The van der Waals surface area contributed by atoms with Gasteiger partial charge in [-0.2, -0.15) is 5.10 Å². The lowest BCUT2D eigenvalue weighted by Crippen LogP contribution is -2.49. The number of nitrogens with one attached hydrogen (secondary N) is 1. The number of amides is 1. The van der Waals surface area contributed by atoms with Crippen LogP contribution < -0.4 is 4.74 Å². The third kappa shape index (κ3) is 2.95. The van der Waals surface area contributed by atoms with Crippen molar-refractivity contribution in [3.63, 3.8) is 0 Å². The Kier molecular flexibility index (Phi) is 4.08. The summed E-state index contributed by atoms with van der Waals surface area (Å²) in [6.45, 7) is 1.29. The highest BCUT2D eigenvalue weighted by molar-refractivity contribution is 5.94. The largest absolute Gasteiger partial charge is 0.496 e. The van der Waals surface area contributed by atoms with Crippen molar-refractivity contribution >= 4 is 16.9 Å². The Morgan fingerprint density at radius 1 is 1.14 bits per heavy atom. The smallest absolute Gasteiger partial charge is 0.272 e. The number of methoxy groups -OCH3 is 1. The van der Waals surface area contributed by atoms with Crippen molar-refractivity contribution in [1.29, 1.82) is 0 Å². The Labute approximate surface area is 167 Å². The number of hydrogen-bond acceptors (Lipinski definition) is 4. The number of hydrogen-bond donors (Lipinski definition) is 1. The molecule has 0 radical (unpaired) electrons. The summed E-state index contributed by atoms with van der Waals surface area (Å²) in [5, 5.41) is 4.53. The minimum Gasteiger partial charge on any atom is -0.496 e. The summed E-state index contributed by atoms with van der Waals surface area (Å²) < 4.78 is 7.06. The SMILES string of the molecule is COc1ccccc1-c1cc(C(=O)N2CC(c3nc4ccccc4[nH]3)C2)n(C)n1. The third-order valence-electron chi connectivity index (χ3n) is 5.45. The summed E-state index contributed by atoms with van der Waals surface area (Å²) in [7, 11) is 3.43. The zero-order valence-electron chi connectivity index (χ0n) is 16.3. The van der Waals surface area contributed by atoms with Crippen molar-refractivity contribution in [3.8, 4) is 17.0 Å². The number of nitrogens with zero attached hydrogens (tertiary/aromatic N) is 4. The molecule has 0 unspecified atom stereocenters. The number of rotatable bonds is 4. The first-order valence-electron chi connectivity index (χ1n) is 9.55. The van der Waals surface area contributed by atoms with Crippen LogP contribution in [0.1, 0.15) is 22.2 Å². The number of H-pyrrole nitrogens is 1. The van der Waals surface area contributed by atoms with Crippen molar-refractivity contribution in [3.05, 3.63) is 66.1 Å². The second-order valence-electron chi connectivity index (χ2n) is 7.28. The predicted octanol–water partition coefficient (Wildman–Crippen LogP) is 3.21. The van der Waals surface area contributed by atoms with E-state index in [2.05, 4.69) is 15.1 Å². The van der Waals surface area contributed by atoms with Gasteiger partial charge in [-0.15, -0.1) is 0 Å². The van der Waals surface area contributed by atoms with Crippen LogP contribution in [-0.2, 0) is 7.05 Å². The fourth-order valence-corrected chi connectivity index (χ4v) is 3.80. The van der Waals surface area contributed by atoms with Gasteiger partial charge in [0.15, 0.2) is 0 Å². The van der Waals surface area contributed by atoms with E-state index >= 15 is 0 Å². The van der Waals surface area contributed by atoms with Crippen LogP contribution in [0.5, 0.6) is 5.75 Å². The number of aryl methyl sites for hydroxylation is 1. The van der Waals surface area contributed by atoms with Crippen LogP contribution in [0.3, 0.4) is 0 Å². The van der Waals surface area contributed by atoms with E-state index in [0.29, 0.717) is 18.8 Å². The molecule has 0 spiro atoms. The second kappa shape index (κ2) is 6.77. The average molecular weight is 387 g/mol. The molecule has 7 heteroatoms. The molecule has 7 nitrogen and oxygen atoms in total. The lowest BCUT2D eigenvalue weighted by atomic mass is 9.99. The van der Waals surface area contributed by atoms with Crippen LogP contribution in [0, 0.1) is 0 Å². The molecule has 1 aliphatic rings. The molecule has 4 aromatic rings. The highest BCUT2D eigenvalue weighted by Gasteiger charge is 2.35. The van der Waals surface area contributed by atoms with E-state index < -0.39 is 0 Å². The maximum Gasteiger partial charge on any atom is 0.272 e. The molecule has 1 amide bonds. The van der Waals surface area contributed by atoms with Crippen LogP contribution in [0.25, 0.3) is 22.3 Å². The van der Waals surface area contributed by atoms with Gasteiger partial charge in [-0.05, 0) is 30.3 Å². The molecule has 1 aliphatic heterocycles. The van der Waals surface area contributed by atoms with Gasteiger partial charge >= 0.3 is 0 Å². The Bertz CT molecular complexity index is 1170. The first-order chi connectivity index (χ1) is 14.1. The summed E-state index contributed by atoms with van der Waals surface area (Å²) in [5.41, 5.74) is 4.14. The summed E-state index contributed by atoms with van der Waals surface area (Å²) in [5.74, 6) is 1.88. The number of carbonyl (C=O) groups excluding carboxylic acids is 1. The lowest BCUT2D eigenvalue weighted by molar-refractivity contribution is 0.0584. The number of para-hydroxylation sites is 3. The number of fused-ring (bicyclic) bond motifs is 1. The topological polar surface area (TPSA) is 76.0 Å². The molecule has 2 aromatic carbocycles. The lowest BCUT2D eigenvalue weighted by Gasteiger charge is -2.38. The normalized spacial score (nSPS) is 14.2. The molecule has 29 heavy (non-hydrogen) atoms. The van der Waals surface area contributed by atoms with Crippen molar-refractivity contribution < 1.29 is 9.53 Å². The van der Waals surface area contributed by atoms with Gasteiger partial charge in [0.05, 0.1) is 29.8 Å². The van der Waals surface area contributed by atoms with Crippen LogP contribution in [0.4, 0.5) is 0 Å². The van der Waals surface area contributed by atoms with E-state index in [0.717, 1.165) is 33.9 Å². The second-order valence-corrected chi connectivity index (χ2v) is 7.28. The minimum atomic E-state index is -0.0199. The maximum atomic E-state index is 13.0. The summed E-state index contributed by atoms with van der Waals surface area (Å²) >= 11 is 0. The molecule has 1 fully saturated rings. The average Bonchev–Trinajstić information content (AvgIpc) is 3.30. The Hall–Kier alpha value is -3.61. The molecule has 0 atom stereocenters. The van der Waals surface area contributed by atoms with Gasteiger partial charge in [-0.3, -0.25) is 9.48 Å². The standard InChI is InChI=1S/C22H21N5O2/c1-26-19(11-18(25-26)15-7-3-6-10-20(15)29-2)22(28)27-12-14(13-27)21-23-16-8-4-5-9-17(16)24-21/h3-11,14H,12-13H2,1-2H3,(H,23,24). The molecule has 1 saturated heterocycles. The monoisotopic (exact) mass is 387 g/mol. The molecular formula is C22H21N5O2. The van der Waals surface area contributed by atoms with Crippen molar-refractivity contribution in [2.75, 3.05) is 20.2 Å². The molecule has 3 heterocycles. The molecule has 146 valence electrons. The van der Waals surface area contributed by atoms with Gasteiger partial charge in [-0.25, -0.2) is 4.98 Å². The fourth-order valence-electron chi connectivity index (χ4n) is 3.80. The summed E-state index contributed by atoms with van der Waals surface area (Å²) in [6, 6.07) is 17.5. The van der Waals surface area contributed by atoms with Gasteiger partial charge in [0.1, 0.15) is 17.3 Å². The highest BCUT2D eigenvalue weighted by Crippen LogP contribution is 2.31. The van der Waals surface area contributed by atoms with Crippen molar-refractivity contribution in [2.24, 2.45) is 7.05 Å². The molecule has 5 rings (SSSR count). The number of carbonyl (C=O) groups is 1. The Morgan fingerprint density at radius 2 is 1.90 bits per heavy atom. The molecular weight excluding hydrogens is 366 g/mol. The van der Waals surface area contributed by atoms with E-state index in [9.17, 15) is 4.79 Å². The number of likely N-dealkylation sites (tertiary alicyclic amines) is 1. The number of aromatic nitrogens is 4. The molecule has 2 aromatic heterocycles.